The van der Waals surface area contributed by atoms with Crippen molar-refractivity contribution in [2.45, 2.75) is 19.9 Å². The van der Waals surface area contributed by atoms with Crippen LogP contribution in [0.1, 0.15) is 18.1 Å². The summed E-state index contributed by atoms with van der Waals surface area (Å²) < 4.78 is 1.92. The number of nitrogens with one attached hydrogen (secondary N) is 2. The van der Waals surface area contributed by atoms with E-state index in [0.29, 0.717) is 19.5 Å². The van der Waals surface area contributed by atoms with E-state index >= 15 is 0 Å². The molecule has 0 atom stereocenters. The van der Waals surface area contributed by atoms with Gasteiger partial charge in [-0.3, -0.25) is 4.79 Å². The van der Waals surface area contributed by atoms with E-state index in [-0.39, 0.29) is 5.91 Å². The normalized spacial score (nSPS) is 10.3. The van der Waals surface area contributed by atoms with E-state index in [1.807, 2.05) is 18.5 Å². The van der Waals surface area contributed by atoms with Gasteiger partial charge in [-0.05, 0) is 6.92 Å². The second kappa shape index (κ2) is 5.45. The van der Waals surface area contributed by atoms with Gasteiger partial charge >= 0.3 is 0 Å². The van der Waals surface area contributed by atoms with Crippen molar-refractivity contribution in [2.24, 2.45) is 7.05 Å². The molecule has 0 aliphatic heterocycles. The summed E-state index contributed by atoms with van der Waals surface area (Å²) in [5.74, 6) is 1.80. The third-order valence-corrected chi connectivity index (χ3v) is 2.27. The first-order valence-corrected chi connectivity index (χ1v) is 4.91. The smallest absolute Gasteiger partial charge is 0.221 e. The van der Waals surface area contributed by atoms with Crippen LogP contribution in [-0.4, -0.2) is 34.3 Å². The molecule has 0 fully saturated rings. The van der Waals surface area contributed by atoms with Crippen LogP contribution in [0, 0.1) is 6.92 Å². The zero-order valence-electron chi connectivity index (χ0n) is 9.37. The van der Waals surface area contributed by atoms with Crippen LogP contribution >= 0.6 is 0 Å². The molecule has 1 amide bonds. The molecule has 0 aliphatic carbocycles. The van der Waals surface area contributed by atoms with Gasteiger partial charge in [0.05, 0.1) is 6.54 Å². The minimum absolute atomic E-state index is 0.0386. The number of hydrogen-bond donors (Lipinski definition) is 2. The summed E-state index contributed by atoms with van der Waals surface area (Å²) in [7, 11) is 3.56. The monoisotopic (exact) mass is 211 g/mol. The lowest BCUT2D eigenvalue weighted by molar-refractivity contribution is -0.120. The zero-order valence-corrected chi connectivity index (χ0v) is 9.37. The molecule has 1 heterocycles. The second-order valence-electron chi connectivity index (χ2n) is 3.32. The van der Waals surface area contributed by atoms with Crippen LogP contribution in [-0.2, 0) is 18.4 Å². The molecular formula is C9H17N5O. The van der Waals surface area contributed by atoms with Crippen molar-refractivity contribution in [3.8, 4) is 0 Å². The lowest BCUT2D eigenvalue weighted by Crippen LogP contribution is -2.25. The minimum atomic E-state index is 0.0386. The number of hydrogen-bond acceptors (Lipinski definition) is 4. The molecule has 0 spiro atoms. The van der Waals surface area contributed by atoms with E-state index in [4.69, 9.17) is 0 Å². The Bertz CT molecular complexity index is 333. The fraction of sp³-hybridized carbons (Fsp3) is 0.667. The first-order chi connectivity index (χ1) is 7.15. The topological polar surface area (TPSA) is 71.8 Å². The fourth-order valence-corrected chi connectivity index (χ4v) is 1.13. The quantitative estimate of drug-likeness (QED) is 0.635. The van der Waals surface area contributed by atoms with Gasteiger partial charge in [0, 0.05) is 27.1 Å². The van der Waals surface area contributed by atoms with Gasteiger partial charge in [0.15, 0.2) is 0 Å². The van der Waals surface area contributed by atoms with Gasteiger partial charge in [0.25, 0.3) is 0 Å². The first kappa shape index (κ1) is 11.6. The second-order valence-corrected chi connectivity index (χ2v) is 3.32. The van der Waals surface area contributed by atoms with Crippen molar-refractivity contribution in [1.29, 1.82) is 0 Å². The molecular weight excluding hydrogens is 194 g/mol. The van der Waals surface area contributed by atoms with Gasteiger partial charge < -0.3 is 15.2 Å². The van der Waals surface area contributed by atoms with Gasteiger partial charge in [-0.2, -0.15) is 0 Å². The fourth-order valence-electron chi connectivity index (χ4n) is 1.13. The van der Waals surface area contributed by atoms with Crippen molar-refractivity contribution >= 4 is 5.91 Å². The molecule has 1 rings (SSSR count). The maximum absolute atomic E-state index is 10.9. The van der Waals surface area contributed by atoms with Crippen molar-refractivity contribution in [2.75, 3.05) is 13.6 Å². The van der Waals surface area contributed by atoms with E-state index < -0.39 is 0 Å². The summed E-state index contributed by atoms with van der Waals surface area (Å²) in [6.45, 7) is 3.18. The van der Waals surface area contributed by atoms with Gasteiger partial charge in [0.1, 0.15) is 11.6 Å². The maximum atomic E-state index is 10.9. The highest BCUT2D eigenvalue weighted by molar-refractivity contribution is 5.75. The SMILES string of the molecule is CNC(=O)CCNCc1nnc(C)n1C. The van der Waals surface area contributed by atoms with Crippen LogP contribution in [0.15, 0.2) is 0 Å². The largest absolute Gasteiger partial charge is 0.359 e. The van der Waals surface area contributed by atoms with Crippen LogP contribution in [0.25, 0.3) is 0 Å². The summed E-state index contributed by atoms with van der Waals surface area (Å²) >= 11 is 0. The van der Waals surface area contributed by atoms with Gasteiger partial charge in [-0.25, -0.2) is 0 Å². The molecule has 15 heavy (non-hydrogen) atoms. The molecule has 0 aliphatic rings. The van der Waals surface area contributed by atoms with E-state index in [0.717, 1.165) is 11.6 Å². The van der Waals surface area contributed by atoms with Crippen LogP contribution in [0.5, 0.6) is 0 Å². The van der Waals surface area contributed by atoms with E-state index in [9.17, 15) is 4.79 Å². The number of aromatic nitrogens is 3. The van der Waals surface area contributed by atoms with Crippen molar-refractivity contribution < 1.29 is 4.79 Å². The van der Waals surface area contributed by atoms with Gasteiger partial charge in [0.2, 0.25) is 5.91 Å². The average Bonchev–Trinajstić information content (AvgIpc) is 2.55. The Kier molecular flexibility index (Phi) is 4.23. The van der Waals surface area contributed by atoms with Gasteiger partial charge in [-0.15, -0.1) is 10.2 Å². The summed E-state index contributed by atoms with van der Waals surface area (Å²) in [5.41, 5.74) is 0. The molecule has 0 radical (unpaired) electrons. The lowest BCUT2D eigenvalue weighted by atomic mass is 10.4. The Labute approximate surface area is 89.1 Å². The number of rotatable bonds is 5. The highest BCUT2D eigenvalue weighted by atomic mass is 16.1. The van der Waals surface area contributed by atoms with Crippen LogP contribution < -0.4 is 10.6 Å². The summed E-state index contributed by atoms with van der Waals surface area (Å²) in [6, 6.07) is 0. The molecule has 0 aromatic carbocycles. The predicted octanol–water partition coefficient (Wildman–Crippen LogP) is -0.651. The lowest BCUT2D eigenvalue weighted by Gasteiger charge is -2.03. The highest BCUT2D eigenvalue weighted by Crippen LogP contribution is 1.96. The Morgan fingerprint density at radius 1 is 1.47 bits per heavy atom. The number of carbonyl (C=O) groups excluding carboxylic acids is 1. The molecule has 0 unspecified atom stereocenters. The Hall–Kier alpha value is -1.43. The minimum Gasteiger partial charge on any atom is -0.359 e. The van der Waals surface area contributed by atoms with Crippen LogP contribution in [0.2, 0.25) is 0 Å². The maximum Gasteiger partial charge on any atom is 0.221 e. The summed E-state index contributed by atoms with van der Waals surface area (Å²) in [4.78, 5) is 10.9. The molecule has 0 saturated heterocycles. The molecule has 0 saturated carbocycles. The number of amides is 1. The highest BCUT2D eigenvalue weighted by Gasteiger charge is 2.04. The molecule has 84 valence electrons. The molecule has 6 nitrogen and oxygen atoms in total. The van der Waals surface area contributed by atoms with E-state index in [2.05, 4.69) is 20.8 Å². The van der Waals surface area contributed by atoms with Crippen LogP contribution in [0.3, 0.4) is 0 Å². The third-order valence-electron chi connectivity index (χ3n) is 2.27. The third kappa shape index (κ3) is 3.32. The summed E-state index contributed by atoms with van der Waals surface area (Å²) in [5, 5.41) is 13.6. The van der Waals surface area contributed by atoms with Crippen molar-refractivity contribution in [3.05, 3.63) is 11.6 Å². The predicted molar refractivity (Wildman–Crippen MR) is 56.1 cm³/mol. The number of aryl methyl sites for hydroxylation is 1. The molecule has 1 aromatic rings. The Morgan fingerprint density at radius 3 is 2.73 bits per heavy atom. The Morgan fingerprint density at radius 2 is 2.20 bits per heavy atom. The first-order valence-electron chi connectivity index (χ1n) is 4.91. The van der Waals surface area contributed by atoms with E-state index in [1.165, 1.54) is 0 Å². The molecule has 0 bridgehead atoms. The van der Waals surface area contributed by atoms with Crippen molar-refractivity contribution in [3.63, 3.8) is 0 Å². The Balaban J connectivity index is 2.26. The van der Waals surface area contributed by atoms with Crippen molar-refractivity contribution in [1.82, 2.24) is 25.4 Å². The molecule has 6 heteroatoms. The summed E-state index contributed by atoms with van der Waals surface area (Å²) in [6.07, 6.45) is 0.479. The number of nitrogens with zero attached hydrogens (tertiary/aromatic N) is 3. The standard InChI is InChI=1S/C9H17N5O/c1-7-12-13-8(14(7)3)6-11-5-4-9(15)10-2/h11H,4-6H2,1-3H3,(H,10,15). The average molecular weight is 211 g/mol. The molecule has 2 N–H and O–H groups in total. The number of carbonyl (C=O) groups is 1. The zero-order chi connectivity index (χ0) is 11.3. The van der Waals surface area contributed by atoms with E-state index in [1.54, 1.807) is 7.05 Å². The van der Waals surface area contributed by atoms with Gasteiger partial charge in [-0.1, -0.05) is 0 Å². The van der Waals surface area contributed by atoms with Crippen LogP contribution in [0.4, 0.5) is 0 Å². The molecule has 1 aromatic heterocycles.